The Morgan fingerprint density at radius 3 is 2.36 bits per heavy atom. The summed E-state index contributed by atoms with van der Waals surface area (Å²) in [6.07, 6.45) is 2.92. The van der Waals surface area contributed by atoms with Gasteiger partial charge < -0.3 is 15.1 Å². The lowest BCUT2D eigenvalue weighted by atomic mass is 9.89. The van der Waals surface area contributed by atoms with Crippen molar-refractivity contribution in [1.82, 2.24) is 0 Å². The van der Waals surface area contributed by atoms with Gasteiger partial charge in [0.2, 0.25) is 0 Å². The van der Waals surface area contributed by atoms with Crippen molar-refractivity contribution in [3.63, 3.8) is 0 Å². The van der Waals surface area contributed by atoms with E-state index >= 15 is 0 Å². The van der Waals surface area contributed by atoms with Gasteiger partial charge in [-0.2, -0.15) is 0 Å². The number of nitrogens with zero attached hydrogens (tertiary/aromatic N) is 1. The zero-order valence-corrected chi connectivity index (χ0v) is 13.8. The van der Waals surface area contributed by atoms with E-state index in [0.717, 1.165) is 35.2 Å². The molecule has 5 nitrogen and oxygen atoms in total. The molecule has 128 valence electrons. The molecule has 5 heteroatoms. The first-order chi connectivity index (χ1) is 12.0. The highest BCUT2D eigenvalue weighted by molar-refractivity contribution is 6.12. The summed E-state index contributed by atoms with van der Waals surface area (Å²) in [4.78, 5) is 24.3. The van der Waals surface area contributed by atoms with E-state index < -0.39 is 17.5 Å². The van der Waals surface area contributed by atoms with E-state index in [1.807, 2.05) is 55.5 Å². The van der Waals surface area contributed by atoms with E-state index in [1.165, 1.54) is 6.20 Å². The molecule has 2 N–H and O–H groups in total. The van der Waals surface area contributed by atoms with Gasteiger partial charge in [0.25, 0.3) is 0 Å². The summed E-state index contributed by atoms with van der Waals surface area (Å²) >= 11 is 0. The van der Waals surface area contributed by atoms with E-state index in [2.05, 4.69) is 0 Å². The third kappa shape index (κ3) is 3.26. The molecular weight excluding hydrogens is 318 g/mol. The summed E-state index contributed by atoms with van der Waals surface area (Å²) in [6, 6.07) is 15.9. The summed E-state index contributed by atoms with van der Waals surface area (Å²) in [5.41, 5.74) is 3.52. The zero-order valence-electron chi connectivity index (χ0n) is 13.8. The third-order valence-corrected chi connectivity index (χ3v) is 4.53. The first-order valence-corrected chi connectivity index (χ1v) is 8.13. The van der Waals surface area contributed by atoms with Crippen LogP contribution in [0.3, 0.4) is 0 Å². The van der Waals surface area contributed by atoms with E-state index in [4.69, 9.17) is 10.2 Å². The average molecular weight is 337 g/mol. The Hall–Kier alpha value is -3.08. The molecule has 0 fully saturated rings. The smallest absolute Gasteiger partial charge is 0.344 e. The van der Waals surface area contributed by atoms with Crippen LogP contribution in [0.4, 0.5) is 5.69 Å². The average Bonchev–Trinajstić information content (AvgIpc) is 2.60. The van der Waals surface area contributed by atoms with E-state index in [9.17, 15) is 9.59 Å². The molecule has 0 radical (unpaired) electrons. The van der Waals surface area contributed by atoms with E-state index in [1.54, 1.807) is 4.90 Å². The first kappa shape index (κ1) is 16.8. The van der Waals surface area contributed by atoms with E-state index in [0.29, 0.717) is 0 Å². The lowest BCUT2D eigenvalue weighted by Gasteiger charge is -2.35. The molecule has 3 rings (SSSR count). The number of aliphatic carboxylic acids is 2. The Morgan fingerprint density at radius 1 is 1.04 bits per heavy atom. The van der Waals surface area contributed by atoms with Gasteiger partial charge in [-0.3, -0.25) is 0 Å². The Balaban J connectivity index is 2.13. The molecule has 2 aromatic carbocycles. The van der Waals surface area contributed by atoms with Crippen LogP contribution >= 0.6 is 0 Å². The van der Waals surface area contributed by atoms with Crippen molar-refractivity contribution >= 4 is 17.6 Å². The minimum atomic E-state index is -1.44. The molecule has 1 unspecified atom stereocenters. The zero-order chi connectivity index (χ0) is 18.0. The lowest BCUT2D eigenvalue weighted by Crippen LogP contribution is -2.34. The second-order valence-electron chi connectivity index (χ2n) is 6.12. The first-order valence-electron chi connectivity index (χ1n) is 8.13. The number of hydrogen-bond donors (Lipinski definition) is 2. The second kappa shape index (κ2) is 6.81. The topological polar surface area (TPSA) is 77.8 Å². The van der Waals surface area contributed by atoms with Crippen molar-refractivity contribution in [3.8, 4) is 11.1 Å². The molecule has 1 heterocycles. The number of anilines is 1. The molecule has 0 spiro atoms. The third-order valence-electron chi connectivity index (χ3n) is 4.53. The molecule has 1 atom stereocenters. The molecule has 1 aliphatic rings. The minimum absolute atomic E-state index is 0.0206. The van der Waals surface area contributed by atoms with Gasteiger partial charge in [0.05, 0.1) is 0 Å². The molecular formula is C20H19NO4. The molecule has 0 bridgehead atoms. The molecule has 0 aliphatic carbocycles. The fourth-order valence-electron chi connectivity index (χ4n) is 3.23. The van der Waals surface area contributed by atoms with Gasteiger partial charge in [-0.1, -0.05) is 42.5 Å². The fourth-order valence-corrected chi connectivity index (χ4v) is 3.23. The van der Waals surface area contributed by atoms with Crippen molar-refractivity contribution in [2.45, 2.75) is 25.8 Å². The van der Waals surface area contributed by atoms with Crippen LogP contribution < -0.4 is 4.90 Å². The highest BCUT2D eigenvalue weighted by Gasteiger charge is 2.27. The SMILES string of the molecule is CC1CCc2c(-c3ccccc3)cccc2N1C=C(C(=O)O)C(=O)O. The quantitative estimate of drug-likeness (QED) is 0.507. The second-order valence-corrected chi connectivity index (χ2v) is 6.12. The summed E-state index contributed by atoms with van der Waals surface area (Å²) in [5, 5.41) is 18.3. The van der Waals surface area contributed by atoms with Gasteiger partial charge in [0.1, 0.15) is 0 Å². The number of benzene rings is 2. The van der Waals surface area contributed by atoms with Crippen LogP contribution in [0.1, 0.15) is 18.9 Å². The van der Waals surface area contributed by atoms with E-state index in [-0.39, 0.29) is 6.04 Å². The Morgan fingerprint density at radius 2 is 1.72 bits per heavy atom. The van der Waals surface area contributed by atoms with Crippen molar-refractivity contribution in [3.05, 3.63) is 65.9 Å². The molecule has 0 amide bonds. The van der Waals surface area contributed by atoms with Crippen LogP contribution in [0.15, 0.2) is 60.3 Å². The van der Waals surface area contributed by atoms with Gasteiger partial charge in [0.15, 0.2) is 5.57 Å². The summed E-state index contributed by atoms with van der Waals surface area (Å²) in [6.45, 7) is 1.97. The minimum Gasteiger partial charge on any atom is -0.477 e. The predicted molar refractivity (Wildman–Crippen MR) is 95.5 cm³/mol. The number of fused-ring (bicyclic) bond motifs is 1. The van der Waals surface area contributed by atoms with Crippen molar-refractivity contribution < 1.29 is 19.8 Å². The number of hydrogen-bond acceptors (Lipinski definition) is 3. The summed E-state index contributed by atoms with van der Waals surface area (Å²) in [5.74, 6) is -2.88. The van der Waals surface area contributed by atoms with Gasteiger partial charge >= 0.3 is 11.9 Å². The highest BCUT2D eigenvalue weighted by Crippen LogP contribution is 2.37. The molecule has 0 saturated heterocycles. The molecule has 25 heavy (non-hydrogen) atoms. The maximum Gasteiger partial charge on any atom is 0.344 e. The van der Waals surface area contributed by atoms with Crippen LogP contribution in [-0.2, 0) is 16.0 Å². The lowest BCUT2D eigenvalue weighted by molar-refractivity contribution is -0.140. The predicted octanol–water partition coefficient (Wildman–Crippen LogP) is 3.55. The van der Waals surface area contributed by atoms with Crippen LogP contribution in [0.2, 0.25) is 0 Å². The Bertz CT molecular complexity index is 826. The van der Waals surface area contributed by atoms with Crippen molar-refractivity contribution in [2.24, 2.45) is 0 Å². The monoisotopic (exact) mass is 337 g/mol. The number of carboxylic acid groups (broad SMARTS) is 2. The highest BCUT2D eigenvalue weighted by atomic mass is 16.4. The molecule has 0 aromatic heterocycles. The molecule has 2 aromatic rings. The van der Waals surface area contributed by atoms with Crippen LogP contribution in [0, 0.1) is 0 Å². The maximum atomic E-state index is 11.2. The molecule has 0 saturated carbocycles. The number of carboxylic acids is 2. The molecule has 1 aliphatic heterocycles. The van der Waals surface area contributed by atoms with Crippen LogP contribution in [-0.4, -0.2) is 28.2 Å². The Labute approximate surface area is 145 Å². The largest absolute Gasteiger partial charge is 0.477 e. The number of carbonyl (C=O) groups is 2. The Kier molecular flexibility index (Phi) is 4.57. The van der Waals surface area contributed by atoms with Gasteiger partial charge in [-0.05, 0) is 42.5 Å². The maximum absolute atomic E-state index is 11.2. The van der Waals surface area contributed by atoms with Gasteiger partial charge in [0, 0.05) is 17.9 Å². The fraction of sp³-hybridized carbons (Fsp3) is 0.200. The van der Waals surface area contributed by atoms with Gasteiger partial charge in [-0.25, -0.2) is 9.59 Å². The normalized spacial score (nSPS) is 16.0. The van der Waals surface area contributed by atoms with Crippen LogP contribution in [0.25, 0.3) is 11.1 Å². The summed E-state index contributed by atoms with van der Waals surface area (Å²) < 4.78 is 0. The standard InChI is InChI=1S/C20H19NO4/c1-13-10-11-16-15(14-6-3-2-4-7-14)8-5-9-18(16)21(13)12-17(19(22)23)20(24)25/h2-9,12-13H,10-11H2,1H3,(H,22,23)(H,24,25). The number of rotatable bonds is 4. The van der Waals surface area contributed by atoms with Gasteiger partial charge in [-0.15, -0.1) is 0 Å². The van der Waals surface area contributed by atoms with Crippen molar-refractivity contribution in [2.75, 3.05) is 4.90 Å². The summed E-state index contributed by atoms with van der Waals surface area (Å²) in [7, 11) is 0. The van der Waals surface area contributed by atoms with Crippen LogP contribution in [0.5, 0.6) is 0 Å². The van der Waals surface area contributed by atoms with Crippen molar-refractivity contribution in [1.29, 1.82) is 0 Å².